The molecule has 4 heteroatoms. The number of hydrogen-bond donors (Lipinski definition) is 1. The normalized spacial score (nSPS) is 14.0. The lowest BCUT2D eigenvalue weighted by Gasteiger charge is -1.90. The molecule has 0 heterocycles. The average molecular weight is 142 g/mol. The van der Waals surface area contributed by atoms with Crippen LogP contribution in [0.15, 0.2) is 0 Å². The first-order chi connectivity index (χ1) is 3.31. The maximum atomic E-state index is 10.3. The smallest absolute Gasteiger partial charge is 0.0924 e. The van der Waals surface area contributed by atoms with Crippen LogP contribution in [0.3, 0.4) is 0 Å². The van der Waals surface area contributed by atoms with Crippen LogP contribution in [-0.2, 0) is 11.0 Å². The summed E-state index contributed by atoms with van der Waals surface area (Å²) < 4.78 is 12.9. The zero-order valence-electron chi connectivity index (χ0n) is 4.11. The molecule has 44 valence electrons. The van der Waals surface area contributed by atoms with Crippen molar-refractivity contribution in [1.29, 1.82) is 0 Å². The van der Waals surface area contributed by atoms with Gasteiger partial charge in [-0.05, 0) is 7.05 Å². The third-order valence-electron chi connectivity index (χ3n) is 0.490. The van der Waals surface area contributed by atoms with Crippen LogP contribution >= 0.6 is 11.6 Å². The summed E-state index contributed by atoms with van der Waals surface area (Å²) in [5.41, 5.74) is 0. The van der Waals surface area contributed by atoms with E-state index in [1.807, 2.05) is 0 Å². The van der Waals surface area contributed by atoms with E-state index < -0.39 is 11.0 Å². The molecule has 0 aliphatic carbocycles. The highest BCUT2D eigenvalue weighted by Crippen LogP contribution is 1.76. The molecule has 0 amide bonds. The summed E-state index contributed by atoms with van der Waals surface area (Å²) in [7, 11) is 0.733. The van der Waals surface area contributed by atoms with Gasteiger partial charge in [0, 0.05) is 5.88 Å². The lowest BCUT2D eigenvalue weighted by atomic mass is 11.0. The van der Waals surface area contributed by atoms with E-state index in [-0.39, 0.29) is 0 Å². The second kappa shape index (κ2) is 4.56. The lowest BCUT2D eigenvalue weighted by molar-refractivity contribution is 0.679. The molecular weight excluding hydrogens is 134 g/mol. The molecular formula is C3H8ClNOS. The molecule has 0 aromatic carbocycles. The standard InChI is InChI=1S/C3H8ClNOS/c1-5-7(6)3-2-4/h5H,2-3H2,1H3. The first-order valence-electron chi connectivity index (χ1n) is 1.93. The molecule has 0 aromatic heterocycles. The molecule has 7 heavy (non-hydrogen) atoms. The van der Waals surface area contributed by atoms with Crippen molar-refractivity contribution in [2.45, 2.75) is 0 Å². The van der Waals surface area contributed by atoms with Crippen LogP contribution in [0.4, 0.5) is 0 Å². The van der Waals surface area contributed by atoms with E-state index in [1.54, 1.807) is 7.05 Å². The average Bonchev–Trinajstić information content (AvgIpc) is 1.68. The highest BCUT2D eigenvalue weighted by atomic mass is 35.5. The molecule has 1 N–H and O–H groups in total. The van der Waals surface area contributed by atoms with Crippen molar-refractivity contribution >= 4 is 22.6 Å². The van der Waals surface area contributed by atoms with E-state index in [0.717, 1.165) is 0 Å². The molecule has 0 rings (SSSR count). The molecule has 0 radical (unpaired) electrons. The maximum Gasteiger partial charge on any atom is 0.0924 e. The maximum absolute atomic E-state index is 10.3. The summed E-state index contributed by atoms with van der Waals surface area (Å²) in [6.07, 6.45) is 0. The summed E-state index contributed by atoms with van der Waals surface area (Å²) in [6, 6.07) is 0. The van der Waals surface area contributed by atoms with E-state index in [0.29, 0.717) is 11.6 Å². The van der Waals surface area contributed by atoms with Crippen molar-refractivity contribution in [1.82, 2.24) is 4.72 Å². The summed E-state index contributed by atoms with van der Waals surface area (Å²) >= 11 is 5.24. The van der Waals surface area contributed by atoms with Gasteiger partial charge < -0.3 is 0 Å². The third-order valence-corrected chi connectivity index (χ3v) is 1.93. The Hall–Kier alpha value is 0.400. The molecule has 2 nitrogen and oxygen atoms in total. The summed E-state index contributed by atoms with van der Waals surface area (Å²) in [6.45, 7) is 0. The van der Waals surface area contributed by atoms with Crippen LogP contribution in [0, 0.1) is 0 Å². The SMILES string of the molecule is CNS(=O)CCCl. The summed E-state index contributed by atoms with van der Waals surface area (Å²) in [5.74, 6) is 0.978. The minimum atomic E-state index is -0.909. The number of hydrogen-bond acceptors (Lipinski definition) is 1. The van der Waals surface area contributed by atoms with Gasteiger partial charge >= 0.3 is 0 Å². The van der Waals surface area contributed by atoms with Crippen LogP contribution in [0.1, 0.15) is 0 Å². The number of nitrogens with one attached hydrogen (secondary N) is 1. The van der Waals surface area contributed by atoms with Crippen molar-refractivity contribution < 1.29 is 4.21 Å². The van der Waals surface area contributed by atoms with Crippen LogP contribution in [0.2, 0.25) is 0 Å². The molecule has 0 saturated heterocycles. The Bertz CT molecular complexity index is 68.0. The zero-order valence-corrected chi connectivity index (χ0v) is 5.68. The minimum absolute atomic E-state index is 0.452. The molecule has 0 bridgehead atoms. The fourth-order valence-corrected chi connectivity index (χ4v) is 0.937. The lowest BCUT2D eigenvalue weighted by Crippen LogP contribution is -2.14. The number of alkyl halides is 1. The van der Waals surface area contributed by atoms with Crippen molar-refractivity contribution in [2.24, 2.45) is 0 Å². The van der Waals surface area contributed by atoms with Crippen LogP contribution < -0.4 is 4.72 Å². The molecule has 0 aliphatic heterocycles. The Balaban J connectivity index is 3.00. The van der Waals surface area contributed by atoms with Gasteiger partial charge in [-0.1, -0.05) is 0 Å². The van der Waals surface area contributed by atoms with Gasteiger partial charge in [-0.25, -0.2) is 8.93 Å². The molecule has 0 spiro atoms. The van der Waals surface area contributed by atoms with Gasteiger partial charge in [0.05, 0.1) is 16.7 Å². The first-order valence-corrected chi connectivity index (χ1v) is 3.78. The predicted octanol–water partition coefficient (Wildman–Crippen LogP) is 0.108. The Morgan fingerprint density at radius 1 is 1.86 bits per heavy atom. The molecule has 0 aromatic rings. The molecule has 1 atom stereocenters. The van der Waals surface area contributed by atoms with Gasteiger partial charge in [0.2, 0.25) is 0 Å². The third kappa shape index (κ3) is 4.25. The largest absolute Gasteiger partial charge is 0.243 e. The fraction of sp³-hybridized carbons (Fsp3) is 1.00. The highest BCUT2D eigenvalue weighted by Gasteiger charge is 1.88. The van der Waals surface area contributed by atoms with E-state index in [9.17, 15) is 4.21 Å². The Kier molecular flexibility index (Phi) is 4.82. The van der Waals surface area contributed by atoms with Crippen molar-refractivity contribution in [3.8, 4) is 0 Å². The summed E-state index contributed by atoms with van der Waals surface area (Å²) in [4.78, 5) is 0. The van der Waals surface area contributed by atoms with Crippen molar-refractivity contribution in [3.63, 3.8) is 0 Å². The number of halogens is 1. The monoisotopic (exact) mass is 141 g/mol. The van der Waals surface area contributed by atoms with Crippen molar-refractivity contribution in [2.75, 3.05) is 18.7 Å². The highest BCUT2D eigenvalue weighted by molar-refractivity contribution is 7.83. The Morgan fingerprint density at radius 2 is 2.43 bits per heavy atom. The predicted molar refractivity (Wildman–Crippen MR) is 32.8 cm³/mol. The van der Waals surface area contributed by atoms with Crippen LogP contribution in [0.5, 0.6) is 0 Å². The van der Waals surface area contributed by atoms with Gasteiger partial charge in [0.1, 0.15) is 0 Å². The zero-order chi connectivity index (χ0) is 5.70. The van der Waals surface area contributed by atoms with E-state index in [1.165, 1.54) is 0 Å². The van der Waals surface area contributed by atoms with Gasteiger partial charge in [-0.2, -0.15) is 0 Å². The molecule has 0 aliphatic rings. The van der Waals surface area contributed by atoms with Crippen molar-refractivity contribution in [3.05, 3.63) is 0 Å². The van der Waals surface area contributed by atoms with Crippen LogP contribution in [0.25, 0.3) is 0 Å². The van der Waals surface area contributed by atoms with E-state index in [4.69, 9.17) is 11.6 Å². The van der Waals surface area contributed by atoms with Gasteiger partial charge in [-0.15, -0.1) is 11.6 Å². The second-order valence-electron chi connectivity index (χ2n) is 0.943. The van der Waals surface area contributed by atoms with Gasteiger partial charge in [-0.3, -0.25) is 0 Å². The molecule has 0 saturated carbocycles. The quantitative estimate of drug-likeness (QED) is 0.556. The summed E-state index contributed by atoms with van der Waals surface area (Å²) in [5, 5.41) is 0. The minimum Gasteiger partial charge on any atom is -0.243 e. The first kappa shape index (κ1) is 7.40. The fourth-order valence-electron chi connectivity index (χ4n) is 0.172. The van der Waals surface area contributed by atoms with Crippen LogP contribution in [-0.4, -0.2) is 22.9 Å². The molecule has 1 unspecified atom stereocenters. The van der Waals surface area contributed by atoms with E-state index in [2.05, 4.69) is 4.72 Å². The number of rotatable bonds is 3. The topological polar surface area (TPSA) is 29.1 Å². The van der Waals surface area contributed by atoms with Gasteiger partial charge in [0.15, 0.2) is 0 Å². The Morgan fingerprint density at radius 3 is 2.57 bits per heavy atom. The van der Waals surface area contributed by atoms with Gasteiger partial charge in [0.25, 0.3) is 0 Å². The van der Waals surface area contributed by atoms with E-state index >= 15 is 0 Å². The Labute approximate surface area is 50.8 Å². The second-order valence-corrected chi connectivity index (χ2v) is 2.83. The molecule has 0 fully saturated rings.